The third kappa shape index (κ3) is 3.24. The molecule has 1 heterocycles. The molecule has 0 unspecified atom stereocenters. The molecule has 0 N–H and O–H groups in total. The Morgan fingerprint density at radius 1 is 1.22 bits per heavy atom. The Balaban J connectivity index is 2.37. The predicted octanol–water partition coefficient (Wildman–Crippen LogP) is 5.18. The van der Waals surface area contributed by atoms with Gasteiger partial charge >= 0.3 is 0 Å². The lowest BCUT2D eigenvalue weighted by atomic mass is 9.80. The molecule has 1 aromatic carbocycles. The van der Waals surface area contributed by atoms with Gasteiger partial charge in [0.1, 0.15) is 0 Å². The molecule has 0 fully saturated rings. The van der Waals surface area contributed by atoms with Crippen molar-refractivity contribution in [3.05, 3.63) is 50.9 Å². The summed E-state index contributed by atoms with van der Waals surface area (Å²) in [6, 6.07) is 8.51. The van der Waals surface area contributed by atoms with Gasteiger partial charge in [-0.15, -0.1) is 11.3 Å². The Bertz CT molecular complexity index is 495. The van der Waals surface area contributed by atoms with Gasteiger partial charge in [0, 0.05) is 32.3 Å². The van der Waals surface area contributed by atoms with Crippen LogP contribution >= 0.6 is 59.1 Å². The first-order valence-corrected chi connectivity index (χ1v) is 9.43. The number of rotatable bonds is 5. The summed E-state index contributed by atoms with van der Waals surface area (Å²) < 4.78 is 1.12. The second kappa shape index (κ2) is 6.64. The first-order chi connectivity index (χ1) is 8.70. The Morgan fingerprint density at radius 2 is 2.00 bits per heavy atom. The van der Waals surface area contributed by atoms with Gasteiger partial charge in [0.2, 0.25) is 0 Å². The van der Waals surface area contributed by atoms with Crippen LogP contribution in [0.25, 0.3) is 0 Å². The summed E-state index contributed by atoms with van der Waals surface area (Å²) in [7, 11) is 0. The van der Waals surface area contributed by atoms with Crippen LogP contribution < -0.4 is 0 Å². The lowest BCUT2D eigenvalue weighted by Gasteiger charge is -2.30. The number of alkyl halides is 2. The topological polar surface area (TPSA) is 12.9 Å². The van der Waals surface area contributed by atoms with Crippen molar-refractivity contribution in [3.8, 4) is 0 Å². The summed E-state index contributed by atoms with van der Waals surface area (Å²) in [5.41, 5.74) is 4.40. The summed E-state index contributed by atoms with van der Waals surface area (Å²) in [4.78, 5) is 4.41. The Labute approximate surface area is 136 Å². The van der Waals surface area contributed by atoms with Gasteiger partial charge in [-0.3, -0.25) is 0 Å². The number of nitrogens with zero attached hydrogens (tertiary/aromatic N) is 1. The number of halogens is 3. The van der Waals surface area contributed by atoms with Crippen molar-refractivity contribution in [1.29, 1.82) is 0 Å². The molecule has 1 aromatic heterocycles. The molecule has 2 rings (SSSR count). The van der Waals surface area contributed by atoms with E-state index in [9.17, 15) is 0 Å². The second-order valence-corrected chi connectivity index (χ2v) is 6.97. The smallest absolute Gasteiger partial charge is 0.0794 e. The van der Waals surface area contributed by atoms with Gasteiger partial charge in [-0.2, -0.15) is 0 Å². The van der Waals surface area contributed by atoms with Crippen molar-refractivity contribution < 1.29 is 0 Å². The molecular weight excluding hydrogens is 442 g/mol. The normalized spacial score (nSPS) is 11.7. The van der Waals surface area contributed by atoms with Crippen molar-refractivity contribution in [2.75, 3.05) is 10.7 Å². The zero-order valence-corrected chi connectivity index (χ0v) is 15.1. The van der Waals surface area contributed by atoms with Crippen LogP contribution in [-0.4, -0.2) is 15.6 Å². The molecule has 0 aliphatic carbocycles. The van der Waals surface area contributed by atoms with Gasteiger partial charge in [-0.05, 0) is 17.7 Å². The summed E-state index contributed by atoms with van der Waals surface area (Å²) in [5, 5.41) is 3.93. The first-order valence-electron chi connectivity index (χ1n) is 5.45. The molecule has 0 aliphatic rings. The Kier molecular flexibility index (Phi) is 5.42. The monoisotopic (exact) mass is 451 g/mol. The maximum Gasteiger partial charge on any atom is 0.0794 e. The van der Waals surface area contributed by atoms with Crippen LogP contribution in [0.15, 0.2) is 39.6 Å². The van der Waals surface area contributed by atoms with E-state index in [2.05, 4.69) is 82.4 Å². The zero-order valence-electron chi connectivity index (χ0n) is 9.57. The average molecular weight is 454 g/mol. The molecule has 0 bridgehead atoms. The van der Waals surface area contributed by atoms with Crippen LogP contribution in [0.2, 0.25) is 0 Å². The zero-order chi connectivity index (χ0) is 13.0. The number of aromatic nitrogens is 1. The molecule has 18 heavy (non-hydrogen) atoms. The molecule has 0 spiro atoms. The minimum atomic E-state index is 0.0395. The molecular formula is C13H12Br3NS. The highest BCUT2D eigenvalue weighted by Gasteiger charge is 2.31. The van der Waals surface area contributed by atoms with E-state index >= 15 is 0 Å². The van der Waals surface area contributed by atoms with E-state index in [1.54, 1.807) is 11.3 Å². The van der Waals surface area contributed by atoms with E-state index in [0.717, 1.165) is 27.2 Å². The maximum absolute atomic E-state index is 4.41. The molecule has 96 valence electrons. The average Bonchev–Trinajstić information content (AvgIpc) is 2.89. The van der Waals surface area contributed by atoms with Gasteiger partial charge < -0.3 is 0 Å². The highest BCUT2D eigenvalue weighted by molar-refractivity contribution is 9.10. The van der Waals surface area contributed by atoms with E-state index in [4.69, 9.17) is 0 Å². The van der Waals surface area contributed by atoms with Crippen molar-refractivity contribution >= 4 is 59.1 Å². The maximum atomic E-state index is 4.41. The van der Waals surface area contributed by atoms with Crippen LogP contribution in [0.3, 0.4) is 0 Å². The molecule has 0 aliphatic heterocycles. The fourth-order valence-corrected chi connectivity index (χ4v) is 4.81. The second-order valence-electron chi connectivity index (χ2n) is 4.21. The molecule has 2 aromatic rings. The van der Waals surface area contributed by atoms with E-state index in [-0.39, 0.29) is 5.41 Å². The van der Waals surface area contributed by atoms with Crippen molar-refractivity contribution in [2.24, 2.45) is 0 Å². The number of hydrogen-bond donors (Lipinski definition) is 0. The SMILES string of the molecule is BrCC(CBr)(Cc1cscn1)c1cccc(Br)c1. The molecule has 0 atom stereocenters. The summed E-state index contributed by atoms with van der Waals surface area (Å²) in [5.74, 6) is 0. The molecule has 1 nitrogen and oxygen atoms in total. The van der Waals surface area contributed by atoms with Crippen molar-refractivity contribution in [1.82, 2.24) is 4.98 Å². The van der Waals surface area contributed by atoms with E-state index in [0.29, 0.717) is 0 Å². The van der Waals surface area contributed by atoms with Crippen LogP contribution in [0.4, 0.5) is 0 Å². The minimum absolute atomic E-state index is 0.0395. The molecule has 0 amide bonds. The predicted molar refractivity (Wildman–Crippen MR) is 89.2 cm³/mol. The third-order valence-electron chi connectivity index (χ3n) is 2.95. The molecule has 0 saturated carbocycles. The number of benzene rings is 1. The highest BCUT2D eigenvalue weighted by Crippen LogP contribution is 2.34. The van der Waals surface area contributed by atoms with E-state index in [1.165, 1.54) is 5.56 Å². The van der Waals surface area contributed by atoms with Gasteiger partial charge in [-0.1, -0.05) is 59.9 Å². The van der Waals surface area contributed by atoms with Gasteiger partial charge in [0.15, 0.2) is 0 Å². The lowest BCUT2D eigenvalue weighted by molar-refractivity contribution is 0.544. The van der Waals surface area contributed by atoms with E-state index in [1.807, 2.05) is 5.51 Å². The Morgan fingerprint density at radius 3 is 2.56 bits per heavy atom. The van der Waals surface area contributed by atoms with Crippen LogP contribution in [0, 0.1) is 0 Å². The number of thiazole rings is 1. The fourth-order valence-electron chi connectivity index (χ4n) is 1.88. The largest absolute Gasteiger partial charge is 0.250 e. The van der Waals surface area contributed by atoms with Gasteiger partial charge in [0.05, 0.1) is 11.2 Å². The summed E-state index contributed by atoms with van der Waals surface area (Å²) in [6.45, 7) is 0. The van der Waals surface area contributed by atoms with Crippen LogP contribution in [-0.2, 0) is 11.8 Å². The van der Waals surface area contributed by atoms with Crippen LogP contribution in [0.5, 0.6) is 0 Å². The third-order valence-corrected chi connectivity index (χ3v) is 6.23. The van der Waals surface area contributed by atoms with Gasteiger partial charge in [0.25, 0.3) is 0 Å². The molecule has 0 radical (unpaired) electrons. The van der Waals surface area contributed by atoms with Crippen molar-refractivity contribution in [2.45, 2.75) is 11.8 Å². The lowest BCUT2D eigenvalue weighted by Crippen LogP contribution is -2.33. The molecule has 5 heteroatoms. The fraction of sp³-hybridized carbons (Fsp3) is 0.308. The standard InChI is InChI=1S/C13H12Br3NS/c14-7-13(8-15,5-12-6-18-9-17-12)10-2-1-3-11(16)4-10/h1-4,6,9H,5,7-8H2. The summed E-state index contributed by atoms with van der Waals surface area (Å²) in [6.07, 6.45) is 0.934. The Hall–Kier alpha value is 0.290. The quantitative estimate of drug-likeness (QED) is 0.569. The van der Waals surface area contributed by atoms with Crippen LogP contribution in [0.1, 0.15) is 11.3 Å². The van der Waals surface area contributed by atoms with E-state index < -0.39 is 0 Å². The van der Waals surface area contributed by atoms with Crippen molar-refractivity contribution in [3.63, 3.8) is 0 Å². The molecule has 0 saturated heterocycles. The highest BCUT2D eigenvalue weighted by atomic mass is 79.9. The number of hydrogen-bond acceptors (Lipinski definition) is 2. The first kappa shape index (κ1) is 14.7. The summed E-state index contributed by atoms with van der Waals surface area (Å²) >= 11 is 12.5. The minimum Gasteiger partial charge on any atom is -0.250 e. The van der Waals surface area contributed by atoms with Gasteiger partial charge in [-0.25, -0.2) is 4.98 Å².